The summed E-state index contributed by atoms with van der Waals surface area (Å²) in [4.78, 5) is 13.2. The van der Waals surface area contributed by atoms with Gasteiger partial charge in [-0.05, 0) is 29.7 Å². The molecule has 4 rings (SSSR count). The molecule has 0 unspecified atom stereocenters. The van der Waals surface area contributed by atoms with Gasteiger partial charge < -0.3 is 10.6 Å². The molecule has 172 valence electrons. The van der Waals surface area contributed by atoms with Gasteiger partial charge in [-0.15, -0.1) is 0 Å². The van der Waals surface area contributed by atoms with Gasteiger partial charge in [0.1, 0.15) is 0 Å². The number of piperidine rings is 1. The Morgan fingerprint density at radius 3 is 1.97 bits per heavy atom. The van der Waals surface area contributed by atoms with Gasteiger partial charge in [-0.2, -0.15) is 0 Å². The fourth-order valence-electron chi connectivity index (χ4n) is 4.26. The Morgan fingerprint density at radius 1 is 0.848 bits per heavy atom. The van der Waals surface area contributed by atoms with Crippen LogP contribution >= 0.6 is 0 Å². The average molecular weight is 464 g/mol. The first kappa shape index (κ1) is 23.2. The van der Waals surface area contributed by atoms with Gasteiger partial charge in [-0.3, -0.25) is 4.79 Å². The monoisotopic (exact) mass is 463 g/mol. The normalized spacial score (nSPS) is 18.7. The minimum Gasteiger partial charge on any atom is -0.355 e. The molecule has 3 N–H and O–H groups in total. The molecule has 0 bridgehead atoms. The number of hydrogen-bond acceptors (Lipinski definition) is 4. The van der Waals surface area contributed by atoms with E-state index in [4.69, 9.17) is 0 Å². The van der Waals surface area contributed by atoms with E-state index >= 15 is 0 Å². The van der Waals surface area contributed by atoms with Crippen molar-refractivity contribution in [2.75, 3.05) is 19.6 Å². The first-order valence-corrected chi connectivity index (χ1v) is 12.7. The maximum absolute atomic E-state index is 13.0. The van der Waals surface area contributed by atoms with Gasteiger partial charge in [0.15, 0.2) is 0 Å². The number of hydrogen-bond donors (Lipinski definition) is 3. The van der Waals surface area contributed by atoms with E-state index in [9.17, 15) is 13.2 Å². The zero-order valence-electron chi connectivity index (χ0n) is 18.4. The van der Waals surface area contributed by atoms with E-state index < -0.39 is 10.0 Å². The predicted octanol–water partition coefficient (Wildman–Crippen LogP) is 2.89. The van der Waals surface area contributed by atoms with Crippen molar-refractivity contribution in [1.82, 2.24) is 15.4 Å². The van der Waals surface area contributed by atoms with Gasteiger partial charge >= 0.3 is 0 Å². The van der Waals surface area contributed by atoms with Crippen LogP contribution in [-0.4, -0.2) is 40.0 Å². The number of rotatable bonds is 8. The summed E-state index contributed by atoms with van der Waals surface area (Å²) in [5.74, 6) is -0.335. The summed E-state index contributed by atoms with van der Waals surface area (Å²) < 4.78 is 28.1. The molecule has 1 heterocycles. The molecule has 1 saturated heterocycles. The molecule has 0 radical (unpaired) electrons. The van der Waals surface area contributed by atoms with Crippen molar-refractivity contribution in [2.45, 2.75) is 23.3 Å². The molecule has 6 nitrogen and oxygen atoms in total. The van der Waals surface area contributed by atoms with Crippen LogP contribution in [0.15, 0.2) is 95.9 Å². The van der Waals surface area contributed by atoms with E-state index in [-0.39, 0.29) is 28.7 Å². The molecule has 1 amide bonds. The third-order valence-electron chi connectivity index (χ3n) is 5.98. The predicted molar refractivity (Wildman–Crippen MR) is 129 cm³/mol. The highest BCUT2D eigenvalue weighted by Gasteiger charge is 2.30. The van der Waals surface area contributed by atoms with Crippen LogP contribution in [0, 0.1) is 5.92 Å². The maximum atomic E-state index is 13.0. The van der Waals surface area contributed by atoms with Crippen LogP contribution in [0.4, 0.5) is 0 Å². The Balaban J connectivity index is 1.39. The van der Waals surface area contributed by atoms with E-state index in [1.54, 1.807) is 30.3 Å². The van der Waals surface area contributed by atoms with Crippen LogP contribution in [0.5, 0.6) is 0 Å². The maximum Gasteiger partial charge on any atom is 0.240 e. The van der Waals surface area contributed by atoms with Gasteiger partial charge in [0, 0.05) is 31.6 Å². The lowest BCUT2D eigenvalue weighted by atomic mass is 9.90. The van der Waals surface area contributed by atoms with E-state index in [2.05, 4.69) is 39.6 Å². The van der Waals surface area contributed by atoms with Crippen molar-refractivity contribution in [2.24, 2.45) is 5.92 Å². The van der Waals surface area contributed by atoms with E-state index in [0.717, 1.165) is 11.1 Å². The second-order valence-corrected chi connectivity index (χ2v) is 10.1. The summed E-state index contributed by atoms with van der Waals surface area (Å²) in [6.45, 7) is 1.49. The highest BCUT2D eigenvalue weighted by atomic mass is 32.2. The van der Waals surface area contributed by atoms with Crippen molar-refractivity contribution < 1.29 is 13.2 Å². The van der Waals surface area contributed by atoms with Crippen LogP contribution in [-0.2, 0) is 14.8 Å². The second kappa shape index (κ2) is 10.7. The molecule has 0 aromatic heterocycles. The van der Waals surface area contributed by atoms with Gasteiger partial charge in [-0.25, -0.2) is 13.1 Å². The van der Waals surface area contributed by atoms with Crippen molar-refractivity contribution in [3.63, 3.8) is 0 Å². The molecule has 0 spiro atoms. The Labute approximate surface area is 195 Å². The lowest BCUT2D eigenvalue weighted by molar-refractivity contribution is -0.125. The van der Waals surface area contributed by atoms with E-state index in [1.807, 2.05) is 36.4 Å². The SMILES string of the molecule is O=C(NCC(c1ccccc1)c1ccccc1)[C@@H]1CNC[C@@H](NS(=O)(=O)c2ccccc2)C1. The topological polar surface area (TPSA) is 87.3 Å². The Bertz CT molecular complexity index is 1100. The zero-order valence-corrected chi connectivity index (χ0v) is 19.2. The van der Waals surface area contributed by atoms with Gasteiger partial charge in [0.2, 0.25) is 15.9 Å². The summed E-state index contributed by atoms with van der Waals surface area (Å²) in [5.41, 5.74) is 2.28. The van der Waals surface area contributed by atoms with Crippen LogP contribution in [0.1, 0.15) is 23.5 Å². The Morgan fingerprint density at radius 2 is 1.39 bits per heavy atom. The van der Waals surface area contributed by atoms with Crippen LogP contribution in [0.25, 0.3) is 0 Å². The molecule has 33 heavy (non-hydrogen) atoms. The highest BCUT2D eigenvalue weighted by Crippen LogP contribution is 2.24. The number of sulfonamides is 1. The molecule has 1 aliphatic heterocycles. The molecule has 0 aliphatic carbocycles. The van der Waals surface area contributed by atoms with Gasteiger partial charge in [0.05, 0.1) is 10.8 Å². The van der Waals surface area contributed by atoms with Crippen molar-refractivity contribution >= 4 is 15.9 Å². The first-order chi connectivity index (χ1) is 16.0. The number of amides is 1. The largest absolute Gasteiger partial charge is 0.355 e. The molecule has 1 fully saturated rings. The second-order valence-electron chi connectivity index (χ2n) is 8.34. The molecule has 3 aromatic carbocycles. The summed E-state index contributed by atoms with van der Waals surface area (Å²) in [7, 11) is -3.63. The molecule has 7 heteroatoms. The van der Waals surface area contributed by atoms with Crippen LogP contribution in [0.3, 0.4) is 0 Å². The first-order valence-electron chi connectivity index (χ1n) is 11.2. The number of carbonyl (C=O) groups excluding carboxylic acids is 1. The quantitative estimate of drug-likeness (QED) is 0.479. The number of carbonyl (C=O) groups is 1. The molecule has 2 atom stereocenters. The molecular weight excluding hydrogens is 434 g/mol. The summed E-state index contributed by atoms with van der Waals surface area (Å²) in [6.07, 6.45) is 0.451. The van der Waals surface area contributed by atoms with E-state index in [0.29, 0.717) is 26.1 Å². The van der Waals surface area contributed by atoms with Crippen LogP contribution < -0.4 is 15.4 Å². The van der Waals surface area contributed by atoms with E-state index in [1.165, 1.54) is 0 Å². The van der Waals surface area contributed by atoms with Crippen molar-refractivity contribution in [3.8, 4) is 0 Å². The third kappa shape index (κ3) is 6.07. The third-order valence-corrected chi connectivity index (χ3v) is 7.52. The smallest absolute Gasteiger partial charge is 0.240 e. The standard InChI is InChI=1S/C26H29N3O3S/c30-26(28-19-25(20-10-4-1-5-11-20)21-12-6-2-7-13-21)22-16-23(18-27-17-22)29-33(31,32)24-14-8-3-9-15-24/h1-15,22-23,25,27,29H,16-19H2,(H,28,30)/t22-,23-/m0/s1. The zero-order chi connectivity index (χ0) is 23.1. The summed E-state index contributed by atoms with van der Waals surface area (Å²) in [6, 6.07) is 28.2. The number of nitrogens with one attached hydrogen (secondary N) is 3. The summed E-state index contributed by atoms with van der Waals surface area (Å²) >= 11 is 0. The van der Waals surface area contributed by atoms with Crippen molar-refractivity contribution in [3.05, 3.63) is 102 Å². The highest BCUT2D eigenvalue weighted by molar-refractivity contribution is 7.89. The fourth-order valence-corrected chi connectivity index (χ4v) is 5.53. The van der Waals surface area contributed by atoms with Gasteiger partial charge in [0.25, 0.3) is 0 Å². The molecule has 1 aliphatic rings. The Kier molecular flexibility index (Phi) is 7.54. The van der Waals surface area contributed by atoms with Crippen LogP contribution in [0.2, 0.25) is 0 Å². The molecule has 3 aromatic rings. The molecular formula is C26H29N3O3S. The lowest BCUT2D eigenvalue weighted by Crippen LogP contribution is -2.52. The minimum atomic E-state index is -3.63. The Hall–Kier alpha value is -3.00. The minimum absolute atomic E-state index is 0.0419. The lowest BCUT2D eigenvalue weighted by Gasteiger charge is -2.30. The number of benzene rings is 3. The van der Waals surface area contributed by atoms with Crippen molar-refractivity contribution in [1.29, 1.82) is 0 Å². The molecule has 0 saturated carbocycles. The average Bonchev–Trinajstić information content (AvgIpc) is 2.86. The summed E-state index contributed by atoms with van der Waals surface area (Å²) in [5, 5.41) is 6.31. The van der Waals surface area contributed by atoms with Gasteiger partial charge in [-0.1, -0.05) is 78.9 Å². The fraction of sp³-hybridized carbons (Fsp3) is 0.269.